The number of piperidine rings is 1. The Kier molecular flexibility index (Phi) is 6.54. The van der Waals surface area contributed by atoms with E-state index >= 15 is 0 Å². The largest absolute Gasteiger partial charge is 0.342 e. The van der Waals surface area contributed by atoms with Crippen LogP contribution in [0.15, 0.2) is 0 Å². The number of ketones is 1. The highest BCUT2D eigenvalue weighted by molar-refractivity contribution is 7.86. The zero-order valence-electron chi connectivity index (χ0n) is 11.3. The first-order valence-electron chi connectivity index (χ1n) is 6.70. The molecule has 1 aliphatic heterocycles. The lowest BCUT2D eigenvalue weighted by Crippen LogP contribution is -2.39. The summed E-state index contributed by atoms with van der Waals surface area (Å²) in [4.78, 5) is 25.2. The first-order valence-corrected chi connectivity index (χ1v) is 8.18. The lowest BCUT2D eigenvalue weighted by molar-refractivity contribution is -0.129. The number of amides is 1. The van der Waals surface area contributed by atoms with E-state index in [9.17, 15) is 13.8 Å². The zero-order chi connectivity index (χ0) is 13.5. The van der Waals surface area contributed by atoms with Crippen LogP contribution in [0.3, 0.4) is 0 Å². The highest BCUT2D eigenvalue weighted by Gasteiger charge is 2.21. The van der Waals surface area contributed by atoms with Gasteiger partial charge < -0.3 is 4.90 Å². The number of nitrogens with zero attached hydrogens (tertiary/aromatic N) is 1. The lowest BCUT2D eigenvalue weighted by atomic mass is 10.1. The van der Waals surface area contributed by atoms with Crippen LogP contribution < -0.4 is 0 Å². The van der Waals surface area contributed by atoms with Crippen LogP contribution in [-0.2, 0) is 20.4 Å². The molecule has 104 valence electrons. The Morgan fingerprint density at radius 1 is 1.17 bits per heavy atom. The van der Waals surface area contributed by atoms with Gasteiger partial charge in [0.05, 0.1) is 5.75 Å². The SMILES string of the molecule is CCC(C)C(=O)CS(=O)CC(=O)N1CCCCC1. The van der Waals surface area contributed by atoms with Crippen molar-refractivity contribution in [2.45, 2.75) is 39.5 Å². The highest BCUT2D eigenvalue weighted by atomic mass is 32.2. The van der Waals surface area contributed by atoms with Gasteiger partial charge in [-0.15, -0.1) is 0 Å². The van der Waals surface area contributed by atoms with Crippen molar-refractivity contribution in [1.29, 1.82) is 0 Å². The predicted molar refractivity (Wildman–Crippen MR) is 72.8 cm³/mol. The molecule has 0 bridgehead atoms. The second-order valence-corrected chi connectivity index (χ2v) is 6.40. The standard InChI is InChI=1S/C13H23NO3S/c1-3-11(2)12(15)9-18(17)10-13(16)14-7-5-4-6-8-14/h11H,3-10H2,1-2H3. The lowest BCUT2D eigenvalue weighted by Gasteiger charge is -2.26. The molecule has 0 radical (unpaired) electrons. The van der Waals surface area contributed by atoms with Gasteiger partial charge >= 0.3 is 0 Å². The highest BCUT2D eigenvalue weighted by Crippen LogP contribution is 2.09. The molecule has 1 heterocycles. The van der Waals surface area contributed by atoms with E-state index in [1.165, 1.54) is 6.42 Å². The molecule has 0 aliphatic carbocycles. The molecule has 4 nitrogen and oxygen atoms in total. The molecule has 5 heteroatoms. The van der Waals surface area contributed by atoms with Crippen molar-refractivity contribution < 1.29 is 13.8 Å². The van der Waals surface area contributed by atoms with Gasteiger partial charge in [-0.05, 0) is 25.7 Å². The maximum Gasteiger partial charge on any atom is 0.235 e. The van der Waals surface area contributed by atoms with Crippen molar-refractivity contribution >= 4 is 22.5 Å². The smallest absolute Gasteiger partial charge is 0.235 e. The number of likely N-dealkylation sites (tertiary alicyclic amines) is 1. The van der Waals surface area contributed by atoms with Gasteiger partial charge in [0.25, 0.3) is 0 Å². The molecule has 1 rings (SSSR count). The van der Waals surface area contributed by atoms with Gasteiger partial charge in [0.2, 0.25) is 5.91 Å². The number of Topliss-reactive ketones (excluding diaryl/α,β-unsaturated/α-hetero) is 1. The monoisotopic (exact) mass is 273 g/mol. The number of carbonyl (C=O) groups is 2. The van der Waals surface area contributed by atoms with Crippen LogP contribution >= 0.6 is 0 Å². The van der Waals surface area contributed by atoms with E-state index in [0.717, 1.165) is 32.4 Å². The molecule has 1 aliphatic rings. The van der Waals surface area contributed by atoms with Crippen LogP contribution in [0.2, 0.25) is 0 Å². The topological polar surface area (TPSA) is 54.5 Å². The Morgan fingerprint density at radius 3 is 2.33 bits per heavy atom. The Balaban J connectivity index is 2.35. The van der Waals surface area contributed by atoms with Gasteiger partial charge in [0.15, 0.2) is 0 Å². The summed E-state index contributed by atoms with van der Waals surface area (Å²) in [5.41, 5.74) is 0. The second-order valence-electron chi connectivity index (χ2n) is 4.95. The van der Waals surface area contributed by atoms with Gasteiger partial charge in [-0.3, -0.25) is 13.8 Å². The summed E-state index contributed by atoms with van der Waals surface area (Å²) in [6.07, 6.45) is 3.99. The van der Waals surface area contributed by atoms with E-state index in [0.29, 0.717) is 0 Å². The summed E-state index contributed by atoms with van der Waals surface area (Å²) in [6.45, 7) is 5.32. The molecule has 0 saturated carbocycles. The first-order chi connectivity index (χ1) is 8.54. The van der Waals surface area contributed by atoms with Crippen molar-refractivity contribution in [3.8, 4) is 0 Å². The molecular weight excluding hydrogens is 250 g/mol. The van der Waals surface area contributed by atoms with Gasteiger partial charge in [0.1, 0.15) is 11.5 Å². The average Bonchev–Trinajstić information content (AvgIpc) is 2.38. The summed E-state index contributed by atoms with van der Waals surface area (Å²) in [7, 11) is -1.34. The third-order valence-electron chi connectivity index (χ3n) is 3.46. The summed E-state index contributed by atoms with van der Waals surface area (Å²) in [5.74, 6) is -0.0946. The van der Waals surface area contributed by atoms with Gasteiger partial charge in [-0.2, -0.15) is 0 Å². The molecular formula is C13H23NO3S. The Labute approximate surface area is 112 Å². The van der Waals surface area contributed by atoms with E-state index in [2.05, 4.69) is 0 Å². The van der Waals surface area contributed by atoms with Gasteiger partial charge in [0, 0.05) is 29.8 Å². The van der Waals surface area contributed by atoms with E-state index < -0.39 is 10.8 Å². The number of hydrogen-bond acceptors (Lipinski definition) is 3. The van der Waals surface area contributed by atoms with E-state index in [4.69, 9.17) is 0 Å². The fourth-order valence-electron chi connectivity index (χ4n) is 1.95. The van der Waals surface area contributed by atoms with Crippen molar-refractivity contribution in [1.82, 2.24) is 4.90 Å². The number of rotatable bonds is 6. The van der Waals surface area contributed by atoms with E-state index in [-0.39, 0.29) is 29.1 Å². The van der Waals surface area contributed by atoms with Crippen molar-refractivity contribution in [2.75, 3.05) is 24.6 Å². The van der Waals surface area contributed by atoms with Crippen LogP contribution in [0.4, 0.5) is 0 Å². The molecule has 1 saturated heterocycles. The third-order valence-corrected chi connectivity index (χ3v) is 4.63. The minimum Gasteiger partial charge on any atom is -0.342 e. The summed E-state index contributed by atoms with van der Waals surface area (Å²) < 4.78 is 11.8. The van der Waals surface area contributed by atoms with Crippen LogP contribution in [0.5, 0.6) is 0 Å². The average molecular weight is 273 g/mol. The molecule has 1 amide bonds. The molecule has 2 atom stereocenters. The number of carbonyl (C=O) groups excluding carboxylic acids is 2. The fraction of sp³-hybridized carbons (Fsp3) is 0.846. The minimum atomic E-state index is -1.34. The van der Waals surface area contributed by atoms with E-state index in [1.807, 2.05) is 13.8 Å². The van der Waals surface area contributed by atoms with Crippen LogP contribution in [0, 0.1) is 5.92 Å². The zero-order valence-corrected chi connectivity index (χ0v) is 12.1. The third kappa shape index (κ3) is 4.88. The molecule has 0 aromatic heterocycles. The minimum absolute atomic E-state index is 0.00211. The second kappa shape index (κ2) is 7.67. The molecule has 1 fully saturated rings. The summed E-state index contributed by atoms with van der Waals surface area (Å²) in [6, 6.07) is 0. The fourth-order valence-corrected chi connectivity index (χ4v) is 3.11. The molecule has 0 aromatic carbocycles. The van der Waals surface area contributed by atoms with Gasteiger partial charge in [-0.25, -0.2) is 0 Å². The van der Waals surface area contributed by atoms with E-state index in [1.54, 1.807) is 4.90 Å². The Morgan fingerprint density at radius 2 is 1.78 bits per heavy atom. The first kappa shape index (κ1) is 15.3. The molecule has 18 heavy (non-hydrogen) atoms. The molecule has 0 aromatic rings. The number of hydrogen-bond donors (Lipinski definition) is 0. The summed E-state index contributed by atoms with van der Waals surface area (Å²) >= 11 is 0. The Bertz CT molecular complexity index is 324. The van der Waals surface area contributed by atoms with Crippen LogP contribution in [0.25, 0.3) is 0 Å². The van der Waals surface area contributed by atoms with Crippen molar-refractivity contribution in [3.05, 3.63) is 0 Å². The molecule has 0 N–H and O–H groups in total. The quantitative estimate of drug-likeness (QED) is 0.734. The van der Waals surface area contributed by atoms with Crippen molar-refractivity contribution in [2.24, 2.45) is 5.92 Å². The Hall–Kier alpha value is -0.710. The van der Waals surface area contributed by atoms with Crippen molar-refractivity contribution in [3.63, 3.8) is 0 Å². The predicted octanol–water partition coefficient (Wildman–Crippen LogP) is 1.36. The van der Waals surface area contributed by atoms with Gasteiger partial charge in [-0.1, -0.05) is 13.8 Å². The van der Waals surface area contributed by atoms with Crippen LogP contribution in [0.1, 0.15) is 39.5 Å². The van der Waals surface area contributed by atoms with Crippen LogP contribution in [-0.4, -0.2) is 45.4 Å². The normalized spacial score (nSPS) is 19.3. The molecule has 2 unspecified atom stereocenters. The summed E-state index contributed by atoms with van der Waals surface area (Å²) in [5, 5.41) is 0. The maximum atomic E-state index is 11.9. The maximum absolute atomic E-state index is 11.9. The molecule has 0 spiro atoms.